The number of ether oxygens (including phenoxy) is 1. The van der Waals surface area contributed by atoms with E-state index >= 15 is 0 Å². The molecule has 0 N–H and O–H groups in total. The molecule has 5 nitrogen and oxygen atoms in total. The van der Waals surface area contributed by atoms with Crippen LogP contribution < -0.4 is 0 Å². The highest BCUT2D eigenvalue weighted by Gasteiger charge is 2.55. The van der Waals surface area contributed by atoms with Gasteiger partial charge in [-0.05, 0) is 85.3 Å². The van der Waals surface area contributed by atoms with Crippen molar-refractivity contribution in [3.8, 4) is 0 Å². The zero-order valence-corrected chi connectivity index (χ0v) is 21.5. The van der Waals surface area contributed by atoms with Gasteiger partial charge in [-0.1, -0.05) is 30.3 Å². The third-order valence-electron chi connectivity index (χ3n) is 9.07. The number of hydrogen-bond acceptors (Lipinski definition) is 4. The van der Waals surface area contributed by atoms with Gasteiger partial charge in [0.2, 0.25) is 11.8 Å². The number of amides is 2. The summed E-state index contributed by atoms with van der Waals surface area (Å²) in [5.74, 6) is 2.36. The van der Waals surface area contributed by atoms with Crippen molar-refractivity contribution in [2.24, 2.45) is 23.2 Å². The second kappa shape index (κ2) is 9.36. The van der Waals surface area contributed by atoms with Gasteiger partial charge in [-0.3, -0.25) is 9.59 Å². The summed E-state index contributed by atoms with van der Waals surface area (Å²) >= 11 is 1.78. The maximum atomic E-state index is 14.1. The minimum absolute atomic E-state index is 0.0462. The minimum Gasteiger partial charge on any atom is -0.383 e. The zero-order chi connectivity index (χ0) is 24.0. The first-order valence-corrected chi connectivity index (χ1v) is 14.1. The normalized spacial score (nSPS) is 30.8. The lowest BCUT2D eigenvalue weighted by Crippen LogP contribution is -2.56. The van der Waals surface area contributed by atoms with Crippen molar-refractivity contribution in [1.29, 1.82) is 0 Å². The Morgan fingerprint density at radius 2 is 1.74 bits per heavy atom. The molecule has 1 aliphatic heterocycles. The fourth-order valence-electron chi connectivity index (χ4n) is 8.00. The van der Waals surface area contributed by atoms with Crippen LogP contribution in [0, 0.1) is 23.2 Å². The molecule has 7 rings (SSSR count). The Kier molecular flexibility index (Phi) is 6.21. The quantitative estimate of drug-likeness (QED) is 0.552. The average Bonchev–Trinajstić information content (AvgIpc) is 3.34. The number of hydrogen-bond donors (Lipinski definition) is 0. The molecule has 2 heterocycles. The van der Waals surface area contributed by atoms with Gasteiger partial charge in [-0.15, -0.1) is 11.3 Å². The Bertz CT molecular complexity index is 1050. The van der Waals surface area contributed by atoms with Crippen LogP contribution in [-0.2, 0) is 20.7 Å². The van der Waals surface area contributed by atoms with E-state index in [1.54, 1.807) is 18.4 Å². The first kappa shape index (κ1) is 23.2. The Labute approximate surface area is 212 Å². The monoisotopic (exact) mass is 492 g/mol. The number of nitrogens with zero attached hydrogens (tertiary/aromatic N) is 2. The topological polar surface area (TPSA) is 49.9 Å². The van der Waals surface area contributed by atoms with Gasteiger partial charge >= 0.3 is 0 Å². The van der Waals surface area contributed by atoms with E-state index in [2.05, 4.69) is 23.6 Å². The first-order valence-electron chi connectivity index (χ1n) is 13.3. The molecule has 4 bridgehead atoms. The van der Waals surface area contributed by atoms with Crippen LogP contribution in [0.2, 0.25) is 0 Å². The number of benzene rings is 1. The van der Waals surface area contributed by atoms with E-state index < -0.39 is 0 Å². The van der Waals surface area contributed by atoms with Crippen molar-refractivity contribution < 1.29 is 14.3 Å². The summed E-state index contributed by atoms with van der Waals surface area (Å²) in [6, 6.07) is 12.4. The van der Waals surface area contributed by atoms with E-state index in [1.165, 1.54) is 29.7 Å². The molecule has 5 aliphatic rings. The molecule has 1 unspecified atom stereocenters. The van der Waals surface area contributed by atoms with Crippen LogP contribution in [0.1, 0.15) is 60.6 Å². The number of fused-ring (bicyclic) bond motifs is 1. The van der Waals surface area contributed by atoms with Crippen molar-refractivity contribution in [3.63, 3.8) is 0 Å². The Morgan fingerprint density at radius 1 is 1.06 bits per heavy atom. The highest BCUT2D eigenvalue weighted by atomic mass is 32.1. The van der Waals surface area contributed by atoms with E-state index in [9.17, 15) is 9.59 Å². The summed E-state index contributed by atoms with van der Waals surface area (Å²) < 4.78 is 5.38. The lowest BCUT2D eigenvalue weighted by Gasteiger charge is -2.56. The third kappa shape index (κ3) is 4.23. The molecule has 1 aromatic carbocycles. The maximum Gasteiger partial charge on any atom is 0.242 e. The number of thiophene rings is 1. The molecule has 35 heavy (non-hydrogen) atoms. The van der Waals surface area contributed by atoms with E-state index in [1.807, 2.05) is 28.0 Å². The van der Waals surface area contributed by atoms with Crippen LogP contribution in [0.4, 0.5) is 0 Å². The minimum atomic E-state index is -0.246. The van der Waals surface area contributed by atoms with Gasteiger partial charge in [0.05, 0.1) is 24.6 Å². The van der Waals surface area contributed by atoms with E-state index in [0.29, 0.717) is 37.5 Å². The van der Waals surface area contributed by atoms with Crippen molar-refractivity contribution in [3.05, 3.63) is 57.8 Å². The summed E-state index contributed by atoms with van der Waals surface area (Å²) in [6.45, 7) is 1.78. The van der Waals surface area contributed by atoms with Gasteiger partial charge in [0.15, 0.2) is 0 Å². The number of methoxy groups -OCH3 is 1. The Hall–Kier alpha value is -2.18. The molecule has 2 aromatic rings. The molecule has 0 spiro atoms. The Morgan fingerprint density at radius 3 is 2.40 bits per heavy atom. The number of carbonyl (C=O) groups is 2. The summed E-state index contributed by atoms with van der Waals surface area (Å²) in [5.41, 5.74) is 2.12. The highest BCUT2D eigenvalue weighted by molar-refractivity contribution is 7.10. The van der Waals surface area contributed by atoms with Crippen LogP contribution in [-0.4, -0.2) is 55.0 Å². The maximum absolute atomic E-state index is 14.1. The standard InChI is InChI=1S/C29H36N2O3S/c1-34-11-10-30(28(33)29-16-20-13-21(17-29)15-22(14-20)18-29)19-26(32)31-9-7-25-24(8-12-35-25)27(31)23-5-3-2-4-6-23/h2-6,8,12,20-22,27H,7,9-11,13-19H2,1H3. The smallest absolute Gasteiger partial charge is 0.242 e. The molecule has 4 saturated carbocycles. The molecule has 6 heteroatoms. The fourth-order valence-corrected chi connectivity index (χ4v) is 8.90. The van der Waals surface area contributed by atoms with Gasteiger partial charge in [0.25, 0.3) is 0 Å². The molecule has 2 amide bonds. The van der Waals surface area contributed by atoms with Gasteiger partial charge in [-0.25, -0.2) is 0 Å². The SMILES string of the molecule is COCCN(CC(=O)N1CCc2sccc2C1c1ccccc1)C(=O)C12CC3CC(CC(C3)C1)C2. The van der Waals surface area contributed by atoms with Gasteiger partial charge in [-0.2, -0.15) is 0 Å². The van der Waals surface area contributed by atoms with Gasteiger partial charge in [0.1, 0.15) is 0 Å². The average molecular weight is 493 g/mol. The predicted molar refractivity (Wildman–Crippen MR) is 137 cm³/mol. The fraction of sp³-hybridized carbons (Fsp3) is 0.586. The highest BCUT2D eigenvalue weighted by Crippen LogP contribution is 2.60. The lowest BCUT2D eigenvalue weighted by atomic mass is 9.49. The van der Waals surface area contributed by atoms with Crippen molar-refractivity contribution in [1.82, 2.24) is 9.80 Å². The molecule has 186 valence electrons. The second-order valence-electron chi connectivity index (χ2n) is 11.4. The van der Waals surface area contributed by atoms with E-state index in [0.717, 1.165) is 31.2 Å². The lowest BCUT2D eigenvalue weighted by molar-refractivity contribution is -0.161. The molecular weight excluding hydrogens is 456 g/mol. The Balaban J connectivity index is 1.25. The zero-order valence-electron chi connectivity index (χ0n) is 20.7. The van der Waals surface area contributed by atoms with Gasteiger partial charge in [0, 0.05) is 25.1 Å². The largest absolute Gasteiger partial charge is 0.383 e. The van der Waals surface area contributed by atoms with Crippen LogP contribution in [0.25, 0.3) is 0 Å². The molecule has 1 aromatic heterocycles. The van der Waals surface area contributed by atoms with Crippen LogP contribution in [0.3, 0.4) is 0 Å². The number of rotatable bonds is 7. The molecule has 1 atom stereocenters. The summed E-state index contributed by atoms with van der Waals surface area (Å²) in [4.78, 5) is 33.3. The van der Waals surface area contributed by atoms with Crippen LogP contribution in [0.15, 0.2) is 41.8 Å². The number of carbonyl (C=O) groups excluding carboxylic acids is 2. The van der Waals surface area contributed by atoms with Crippen molar-refractivity contribution >= 4 is 23.2 Å². The molecule has 0 saturated heterocycles. The van der Waals surface area contributed by atoms with Gasteiger partial charge < -0.3 is 14.5 Å². The first-order chi connectivity index (χ1) is 17.1. The summed E-state index contributed by atoms with van der Waals surface area (Å²) in [6.07, 6.45) is 7.85. The summed E-state index contributed by atoms with van der Waals surface area (Å²) in [5, 5.41) is 2.13. The van der Waals surface area contributed by atoms with Crippen LogP contribution in [0.5, 0.6) is 0 Å². The third-order valence-corrected chi connectivity index (χ3v) is 10.1. The predicted octanol–water partition coefficient (Wildman–Crippen LogP) is 4.91. The second-order valence-corrected chi connectivity index (χ2v) is 12.4. The molecule has 4 aliphatic carbocycles. The van der Waals surface area contributed by atoms with E-state index in [-0.39, 0.29) is 29.8 Å². The van der Waals surface area contributed by atoms with Crippen LogP contribution >= 0.6 is 11.3 Å². The molecular formula is C29H36N2O3S. The van der Waals surface area contributed by atoms with Crippen molar-refractivity contribution in [2.75, 3.05) is 33.4 Å². The molecule has 0 radical (unpaired) electrons. The molecule has 4 fully saturated rings. The van der Waals surface area contributed by atoms with Crippen molar-refractivity contribution in [2.45, 2.75) is 51.0 Å². The summed E-state index contributed by atoms with van der Waals surface area (Å²) in [7, 11) is 1.67. The van der Waals surface area contributed by atoms with E-state index in [4.69, 9.17) is 4.74 Å².